The summed E-state index contributed by atoms with van der Waals surface area (Å²) in [4.78, 5) is 47.3. The van der Waals surface area contributed by atoms with Crippen LogP contribution in [0.1, 0.15) is 34.1 Å². The third-order valence-electron chi connectivity index (χ3n) is 2.90. The van der Waals surface area contributed by atoms with Gasteiger partial charge >= 0.3 is 12.1 Å². The number of carboxylic acids is 1. The van der Waals surface area contributed by atoms with Crippen molar-refractivity contribution in [2.45, 2.75) is 51.0 Å². The highest BCUT2D eigenvalue weighted by Gasteiger charge is 2.34. The van der Waals surface area contributed by atoms with Gasteiger partial charge in [0.1, 0.15) is 11.6 Å². The maximum absolute atomic E-state index is 11.9. The minimum atomic E-state index is -1.27. The summed E-state index contributed by atoms with van der Waals surface area (Å²) in [6, 6.07) is -1.27. The van der Waals surface area contributed by atoms with Gasteiger partial charge in [0, 0.05) is 25.1 Å². The van der Waals surface area contributed by atoms with E-state index in [1.165, 1.54) is 11.8 Å². The summed E-state index contributed by atoms with van der Waals surface area (Å²) in [6.45, 7) is 6.52. The van der Waals surface area contributed by atoms with Crippen molar-refractivity contribution in [3.05, 3.63) is 0 Å². The van der Waals surface area contributed by atoms with Gasteiger partial charge in [-0.05, 0) is 20.8 Å². The monoisotopic (exact) mass is 346 g/mol. The number of carbonyl (C=O) groups excluding carboxylic acids is 3. The third-order valence-corrected chi connectivity index (χ3v) is 3.88. The molecule has 0 radical (unpaired) electrons. The van der Waals surface area contributed by atoms with Crippen LogP contribution in [-0.4, -0.2) is 63.1 Å². The molecule has 0 aromatic rings. The molecule has 0 bridgehead atoms. The second-order valence-corrected chi connectivity index (χ2v) is 7.75. The van der Waals surface area contributed by atoms with Crippen molar-refractivity contribution in [1.29, 1.82) is 0 Å². The first-order valence-electron chi connectivity index (χ1n) is 7.15. The number of nitrogens with zero attached hydrogens (tertiary/aromatic N) is 1. The Labute approximate surface area is 138 Å². The van der Waals surface area contributed by atoms with E-state index in [0.717, 1.165) is 11.8 Å². The van der Waals surface area contributed by atoms with Gasteiger partial charge in [-0.2, -0.15) is 0 Å². The van der Waals surface area contributed by atoms with Crippen molar-refractivity contribution in [3.8, 4) is 0 Å². The van der Waals surface area contributed by atoms with Crippen LogP contribution < -0.4 is 5.32 Å². The molecule has 2 unspecified atom stereocenters. The molecule has 0 saturated carbocycles. The number of hydrogen-bond acceptors (Lipinski definition) is 6. The fourth-order valence-electron chi connectivity index (χ4n) is 2.08. The maximum Gasteiger partial charge on any atom is 0.408 e. The molecule has 2 atom stereocenters. The number of thioether (sulfide) groups is 1. The minimum absolute atomic E-state index is 0.0914. The topological polar surface area (TPSA) is 113 Å². The smallest absolute Gasteiger partial charge is 0.408 e. The summed E-state index contributed by atoms with van der Waals surface area (Å²) in [5.74, 6) is -1.49. The van der Waals surface area contributed by atoms with E-state index in [2.05, 4.69) is 5.32 Å². The third kappa shape index (κ3) is 6.89. The van der Waals surface area contributed by atoms with E-state index in [9.17, 15) is 24.3 Å². The Morgan fingerprint density at radius 1 is 1.43 bits per heavy atom. The molecule has 0 aliphatic carbocycles. The average Bonchev–Trinajstić information content (AvgIpc) is 2.65. The number of likely N-dealkylation sites (tertiary alicyclic amines) is 1. The summed E-state index contributed by atoms with van der Waals surface area (Å²) < 4.78 is 5.02. The van der Waals surface area contributed by atoms with E-state index < -0.39 is 23.7 Å². The first-order valence-corrected chi connectivity index (χ1v) is 8.03. The van der Waals surface area contributed by atoms with Gasteiger partial charge in [-0.25, -0.2) is 9.59 Å². The number of carbonyl (C=O) groups is 4. The van der Waals surface area contributed by atoms with Crippen LogP contribution in [0.2, 0.25) is 0 Å². The van der Waals surface area contributed by atoms with E-state index in [1.807, 2.05) is 0 Å². The Morgan fingerprint density at radius 3 is 2.52 bits per heavy atom. The molecule has 130 valence electrons. The average molecular weight is 346 g/mol. The van der Waals surface area contributed by atoms with Crippen molar-refractivity contribution >= 4 is 34.8 Å². The zero-order chi connectivity index (χ0) is 17.8. The molecular weight excluding hydrogens is 324 g/mol. The van der Waals surface area contributed by atoms with Gasteiger partial charge in [-0.15, -0.1) is 0 Å². The molecule has 2 N–H and O–H groups in total. The van der Waals surface area contributed by atoms with Gasteiger partial charge in [0.05, 0.1) is 6.54 Å². The molecule has 1 saturated heterocycles. The second kappa shape index (κ2) is 7.67. The lowest BCUT2D eigenvalue weighted by Gasteiger charge is -2.24. The van der Waals surface area contributed by atoms with Crippen molar-refractivity contribution in [2.24, 2.45) is 0 Å². The Hall–Kier alpha value is -1.77. The zero-order valence-corrected chi connectivity index (χ0v) is 14.4. The normalized spacial score (nSPS) is 19.4. The number of nitrogens with one attached hydrogen (secondary N) is 1. The predicted octanol–water partition coefficient (Wildman–Crippen LogP) is 0.845. The lowest BCUT2D eigenvalue weighted by molar-refractivity contribution is -0.140. The molecule has 0 aromatic carbocycles. The van der Waals surface area contributed by atoms with Crippen LogP contribution in [0, 0.1) is 0 Å². The summed E-state index contributed by atoms with van der Waals surface area (Å²) in [5.41, 5.74) is -0.750. The molecule has 1 heterocycles. The molecule has 1 aliphatic heterocycles. The molecule has 2 amide bonds. The maximum atomic E-state index is 11.9. The standard InChI is InChI=1S/C14H22N2O6S/c1-8(17)23-9-5-11(18)16(6-9)7-10(12(19)20)15-13(21)22-14(2,3)4/h9-10H,5-7H2,1-4H3,(H,15,21)(H,19,20). The highest BCUT2D eigenvalue weighted by Crippen LogP contribution is 2.24. The number of carboxylic acid groups (broad SMARTS) is 1. The number of ether oxygens (including phenoxy) is 1. The van der Waals surface area contributed by atoms with E-state index in [-0.39, 0.29) is 35.8 Å². The quantitative estimate of drug-likeness (QED) is 0.758. The first kappa shape index (κ1) is 19.3. The van der Waals surface area contributed by atoms with Crippen molar-refractivity contribution < 1.29 is 29.0 Å². The van der Waals surface area contributed by atoms with Gasteiger partial charge < -0.3 is 20.1 Å². The summed E-state index contributed by atoms with van der Waals surface area (Å²) >= 11 is 1.07. The van der Waals surface area contributed by atoms with Crippen LogP contribution in [0.25, 0.3) is 0 Å². The number of aliphatic carboxylic acids is 1. The van der Waals surface area contributed by atoms with Gasteiger partial charge in [-0.1, -0.05) is 11.8 Å². The Kier molecular flexibility index (Phi) is 6.43. The highest BCUT2D eigenvalue weighted by atomic mass is 32.2. The van der Waals surface area contributed by atoms with Crippen LogP contribution in [-0.2, 0) is 19.1 Å². The van der Waals surface area contributed by atoms with Gasteiger partial charge in [0.25, 0.3) is 0 Å². The predicted molar refractivity (Wildman–Crippen MR) is 84.1 cm³/mol. The highest BCUT2D eigenvalue weighted by molar-refractivity contribution is 8.14. The largest absolute Gasteiger partial charge is 0.480 e. The first-order chi connectivity index (χ1) is 10.5. The van der Waals surface area contributed by atoms with Crippen molar-refractivity contribution in [2.75, 3.05) is 13.1 Å². The molecule has 9 heteroatoms. The summed E-state index contributed by atoms with van der Waals surface area (Å²) in [5, 5.41) is 11.2. The molecule has 1 aliphatic rings. The molecule has 1 rings (SSSR count). The molecular formula is C14H22N2O6S. The number of amides is 2. The van der Waals surface area contributed by atoms with Crippen LogP contribution in [0.3, 0.4) is 0 Å². The van der Waals surface area contributed by atoms with E-state index in [4.69, 9.17) is 4.74 Å². The number of hydrogen-bond donors (Lipinski definition) is 2. The van der Waals surface area contributed by atoms with Crippen LogP contribution >= 0.6 is 11.8 Å². The summed E-state index contributed by atoms with van der Waals surface area (Å²) in [6.07, 6.45) is -0.672. The van der Waals surface area contributed by atoms with Gasteiger partial charge in [0.2, 0.25) is 5.91 Å². The minimum Gasteiger partial charge on any atom is -0.480 e. The summed E-state index contributed by atoms with van der Waals surface area (Å²) in [7, 11) is 0. The Bertz CT molecular complexity index is 502. The molecule has 0 spiro atoms. The molecule has 0 aromatic heterocycles. The zero-order valence-electron chi connectivity index (χ0n) is 13.6. The van der Waals surface area contributed by atoms with Crippen LogP contribution in [0.15, 0.2) is 0 Å². The molecule has 1 fully saturated rings. The number of rotatable bonds is 5. The van der Waals surface area contributed by atoms with E-state index in [1.54, 1.807) is 20.8 Å². The second-order valence-electron chi connectivity index (χ2n) is 6.27. The fourth-order valence-corrected chi connectivity index (χ4v) is 3.03. The van der Waals surface area contributed by atoms with E-state index in [0.29, 0.717) is 0 Å². The molecule has 23 heavy (non-hydrogen) atoms. The molecule has 8 nitrogen and oxygen atoms in total. The lowest BCUT2D eigenvalue weighted by Crippen LogP contribution is -2.50. The van der Waals surface area contributed by atoms with Crippen LogP contribution in [0.4, 0.5) is 4.79 Å². The Balaban J connectivity index is 2.63. The van der Waals surface area contributed by atoms with Crippen LogP contribution in [0.5, 0.6) is 0 Å². The SMILES string of the molecule is CC(=O)SC1CC(=O)N(CC(NC(=O)OC(C)(C)C)C(=O)O)C1. The van der Waals surface area contributed by atoms with Crippen molar-refractivity contribution in [1.82, 2.24) is 10.2 Å². The van der Waals surface area contributed by atoms with E-state index >= 15 is 0 Å². The lowest BCUT2D eigenvalue weighted by atomic mass is 10.2. The van der Waals surface area contributed by atoms with Gasteiger partial charge in [0.15, 0.2) is 5.12 Å². The Morgan fingerprint density at radius 2 is 2.04 bits per heavy atom. The van der Waals surface area contributed by atoms with Gasteiger partial charge in [-0.3, -0.25) is 9.59 Å². The number of alkyl carbamates (subject to hydrolysis) is 1. The fraction of sp³-hybridized carbons (Fsp3) is 0.714. The van der Waals surface area contributed by atoms with Crippen molar-refractivity contribution in [3.63, 3.8) is 0 Å².